The van der Waals surface area contributed by atoms with Crippen molar-refractivity contribution in [3.05, 3.63) is 74.3 Å². The molecule has 1 fully saturated rings. The minimum Gasteiger partial charge on any atom is -0.462 e. The Bertz CT molecular complexity index is 1040. The first kappa shape index (κ1) is 19.0. The molecule has 29 heavy (non-hydrogen) atoms. The Morgan fingerprint density at radius 3 is 2.28 bits per heavy atom. The second kappa shape index (κ2) is 7.58. The lowest BCUT2D eigenvalue weighted by molar-refractivity contribution is -0.385. The monoisotopic (exact) mass is 393 g/mol. The Labute approximate surface area is 166 Å². The highest BCUT2D eigenvalue weighted by Gasteiger charge is 2.39. The topological polar surface area (TPSA) is 104 Å². The van der Waals surface area contributed by atoms with Gasteiger partial charge in [0.15, 0.2) is 5.78 Å². The van der Waals surface area contributed by atoms with Gasteiger partial charge in [0.25, 0.3) is 5.69 Å². The number of carbonyl (C=O) groups is 3. The van der Waals surface area contributed by atoms with Crippen molar-refractivity contribution in [2.45, 2.75) is 32.1 Å². The molecule has 7 heteroatoms. The second-order valence-electron chi connectivity index (χ2n) is 7.45. The van der Waals surface area contributed by atoms with Crippen LogP contribution >= 0.6 is 0 Å². The average molecular weight is 393 g/mol. The summed E-state index contributed by atoms with van der Waals surface area (Å²) in [5.41, 5.74) is -1.07. The second-order valence-corrected chi connectivity index (χ2v) is 7.45. The van der Waals surface area contributed by atoms with Crippen LogP contribution in [0.3, 0.4) is 0 Å². The molecule has 2 aromatic carbocycles. The predicted molar refractivity (Wildman–Crippen MR) is 103 cm³/mol. The van der Waals surface area contributed by atoms with Crippen molar-refractivity contribution in [3.8, 4) is 0 Å². The molecule has 2 aliphatic rings. The van der Waals surface area contributed by atoms with Gasteiger partial charge in [0.2, 0.25) is 5.78 Å². The smallest absolute Gasteiger partial charge is 0.345 e. The van der Waals surface area contributed by atoms with Gasteiger partial charge in [-0.1, -0.05) is 43.5 Å². The third kappa shape index (κ3) is 3.33. The van der Waals surface area contributed by atoms with Crippen LogP contribution in [0.5, 0.6) is 0 Å². The summed E-state index contributed by atoms with van der Waals surface area (Å²) in [6, 6.07) is 8.69. The van der Waals surface area contributed by atoms with Crippen molar-refractivity contribution >= 4 is 23.2 Å². The van der Waals surface area contributed by atoms with Crippen molar-refractivity contribution in [2.24, 2.45) is 5.92 Å². The van der Waals surface area contributed by atoms with E-state index in [0.717, 1.165) is 25.7 Å². The van der Waals surface area contributed by atoms with Crippen LogP contribution in [-0.2, 0) is 4.74 Å². The standard InChI is InChI=1S/C22H19NO6/c24-20-14-8-4-5-9-15(14)21(25)18-16(20)10-11-17(19(18)23(27)28)22(26)29-12-13-6-2-1-3-7-13/h4-5,8-11,13H,1-3,6-7,12H2. The van der Waals surface area contributed by atoms with Crippen LogP contribution in [0.15, 0.2) is 36.4 Å². The van der Waals surface area contributed by atoms with E-state index in [9.17, 15) is 24.5 Å². The van der Waals surface area contributed by atoms with Gasteiger partial charge in [-0.2, -0.15) is 0 Å². The zero-order valence-electron chi connectivity index (χ0n) is 15.7. The molecular weight excluding hydrogens is 374 g/mol. The number of benzene rings is 2. The number of carbonyl (C=O) groups excluding carboxylic acids is 3. The molecule has 0 N–H and O–H groups in total. The molecule has 7 nitrogen and oxygen atoms in total. The molecule has 4 rings (SSSR count). The summed E-state index contributed by atoms with van der Waals surface area (Å²) < 4.78 is 5.34. The summed E-state index contributed by atoms with van der Waals surface area (Å²) in [4.78, 5) is 49.3. The first-order chi connectivity index (χ1) is 14.0. The SMILES string of the molecule is O=C1c2ccccc2C(=O)c2c1ccc(C(=O)OCC1CCCCC1)c2[N+](=O)[O-]. The maximum atomic E-state index is 13.0. The van der Waals surface area contributed by atoms with Gasteiger partial charge in [-0.05, 0) is 30.9 Å². The number of nitro benzene ring substituents is 1. The van der Waals surface area contributed by atoms with Gasteiger partial charge in [-0.3, -0.25) is 19.7 Å². The molecule has 2 aliphatic carbocycles. The maximum Gasteiger partial charge on any atom is 0.345 e. The maximum absolute atomic E-state index is 13.0. The number of esters is 1. The molecule has 148 valence electrons. The summed E-state index contributed by atoms with van der Waals surface area (Å²) in [6.07, 6.45) is 5.25. The van der Waals surface area contributed by atoms with E-state index < -0.39 is 28.1 Å². The summed E-state index contributed by atoms with van der Waals surface area (Å²) >= 11 is 0. The fraction of sp³-hybridized carbons (Fsp3) is 0.318. The molecular formula is C22H19NO6. The first-order valence-electron chi connectivity index (χ1n) is 9.66. The Hall–Kier alpha value is -3.35. The van der Waals surface area contributed by atoms with Crippen LogP contribution in [0, 0.1) is 16.0 Å². The van der Waals surface area contributed by atoms with Crippen LogP contribution in [0.2, 0.25) is 0 Å². The van der Waals surface area contributed by atoms with Crippen molar-refractivity contribution in [3.63, 3.8) is 0 Å². The molecule has 1 saturated carbocycles. The molecule has 2 aromatic rings. The molecule has 0 aromatic heterocycles. The number of ether oxygens (including phenoxy) is 1. The average Bonchev–Trinajstić information content (AvgIpc) is 2.75. The van der Waals surface area contributed by atoms with E-state index in [1.165, 1.54) is 30.7 Å². The van der Waals surface area contributed by atoms with E-state index in [-0.39, 0.29) is 40.3 Å². The molecule has 0 unspecified atom stereocenters. The summed E-state index contributed by atoms with van der Waals surface area (Å²) in [5.74, 6) is -1.70. The predicted octanol–water partition coefficient (Wildman–Crippen LogP) is 4.11. The molecule has 0 atom stereocenters. The van der Waals surface area contributed by atoms with Gasteiger partial charge in [0, 0.05) is 16.7 Å². The van der Waals surface area contributed by atoms with E-state index in [1.54, 1.807) is 12.1 Å². The van der Waals surface area contributed by atoms with Crippen LogP contribution in [0.25, 0.3) is 0 Å². The van der Waals surface area contributed by atoms with E-state index >= 15 is 0 Å². The highest BCUT2D eigenvalue weighted by Crippen LogP contribution is 2.36. The van der Waals surface area contributed by atoms with E-state index in [4.69, 9.17) is 4.74 Å². The molecule has 0 heterocycles. The van der Waals surface area contributed by atoms with Gasteiger partial charge in [0.05, 0.1) is 11.5 Å². The molecule has 0 radical (unpaired) electrons. The van der Waals surface area contributed by atoms with Crippen LogP contribution in [-0.4, -0.2) is 29.1 Å². The Morgan fingerprint density at radius 1 is 0.966 bits per heavy atom. The number of fused-ring (bicyclic) bond motifs is 2. The number of nitrogens with zero attached hydrogens (tertiary/aromatic N) is 1. The summed E-state index contributed by atoms with van der Waals surface area (Å²) in [5, 5.41) is 11.8. The Morgan fingerprint density at radius 2 is 1.62 bits per heavy atom. The number of nitro groups is 1. The lowest BCUT2D eigenvalue weighted by Gasteiger charge is -2.21. The van der Waals surface area contributed by atoms with Crippen LogP contribution in [0.1, 0.15) is 74.3 Å². The number of hydrogen-bond acceptors (Lipinski definition) is 6. The minimum atomic E-state index is -0.843. The lowest BCUT2D eigenvalue weighted by Crippen LogP contribution is -2.24. The van der Waals surface area contributed by atoms with Gasteiger partial charge in [0.1, 0.15) is 11.1 Å². The van der Waals surface area contributed by atoms with E-state index in [1.807, 2.05) is 0 Å². The van der Waals surface area contributed by atoms with Crippen molar-refractivity contribution in [1.82, 2.24) is 0 Å². The highest BCUT2D eigenvalue weighted by molar-refractivity contribution is 6.30. The van der Waals surface area contributed by atoms with Gasteiger partial charge in [-0.25, -0.2) is 4.79 Å². The molecule has 0 amide bonds. The van der Waals surface area contributed by atoms with E-state index in [2.05, 4.69) is 0 Å². The largest absolute Gasteiger partial charge is 0.462 e. The highest BCUT2D eigenvalue weighted by atomic mass is 16.6. The molecule has 0 saturated heterocycles. The van der Waals surface area contributed by atoms with Crippen LogP contribution < -0.4 is 0 Å². The Balaban J connectivity index is 1.72. The minimum absolute atomic E-state index is 0.0655. The fourth-order valence-corrected chi connectivity index (χ4v) is 4.15. The first-order valence-corrected chi connectivity index (χ1v) is 9.66. The number of ketones is 2. The molecule has 0 bridgehead atoms. The van der Waals surface area contributed by atoms with Gasteiger partial charge >= 0.3 is 5.97 Å². The number of rotatable bonds is 4. The normalized spacial score (nSPS) is 16.1. The zero-order chi connectivity index (χ0) is 20.5. The number of hydrogen-bond donors (Lipinski definition) is 0. The van der Waals surface area contributed by atoms with Crippen LogP contribution in [0.4, 0.5) is 5.69 Å². The molecule has 0 aliphatic heterocycles. The van der Waals surface area contributed by atoms with E-state index in [0.29, 0.717) is 0 Å². The Kier molecular flexibility index (Phi) is 4.96. The van der Waals surface area contributed by atoms with Crippen molar-refractivity contribution in [2.75, 3.05) is 6.61 Å². The van der Waals surface area contributed by atoms with Crippen molar-refractivity contribution < 1.29 is 24.0 Å². The third-order valence-corrected chi connectivity index (χ3v) is 5.64. The third-order valence-electron chi connectivity index (χ3n) is 5.64. The quantitative estimate of drug-likeness (QED) is 0.375. The van der Waals surface area contributed by atoms with Crippen molar-refractivity contribution in [1.29, 1.82) is 0 Å². The van der Waals surface area contributed by atoms with Gasteiger partial charge < -0.3 is 4.74 Å². The lowest BCUT2D eigenvalue weighted by atomic mass is 9.82. The fourth-order valence-electron chi connectivity index (χ4n) is 4.15. The zero-order valence-corrected chi connectivity index (χ0v) is 15.7. The van der Waals surface area contributed by atoms with Gasteiger partial charge in [-0.15, -0.1) is 0 Å². The summed E-state index contributed by atoms with van der Waals surface area (Å²) in [6.45, 7) is 0.197. The summed E-state index contributed by atoms with van der Waals surface area (Å²) in [7, 11) is 0. The molecule has 0 spiro atoms.